The van der Waals surface area contributed by atoms with Gasteiger partial charge in [0, 0.05) is 11.3 Å². The molecule has 112 valence electrons. The first kappa shape index (κ1) is 15.0. The number of aromatic nitrogens is 2. The summed E-state index contributed by atoms with van der Waals surface area (Å²) in [6, 6.07) is 4.01. The summed E-state index contributed by atoms with van der Waals surface area (Å²) in [5.74, 6) is 6.08. The van der Waals surface area contributed by atoms with E-state index in [0.717, 1.165) is 6.07 Å². The normalized spacial score (nSPS) is 11.3. The molecule has 0 bridgehead atoms. The van der Waals surface area contributed by atoms with Gasteiger partial charge in [-0.05, 0) is 31.5 Å². The third-order valence-corrected chi connectivity index (χ3v) is 3.03. The van der Waals surface area contributed by atoms with Crippen LogP contribution in [-0.2, 0) is 6.18 Å². The van der Waals surface area contributed by atoms with Crippen LogP contribution < -0.4 is 16.6 Å². The van der Waals surface area contributed by atoms with Crippen LogP contribution in [0, 0.1) is 13.8 Å². The van der Waals surface area contributed by atoms with E-state index in [1.165, 1.54) is 19.3 Å². The number of hydrazine groups is 1. The second-order valence-electron chi connectivity index (χ2n) is 4.49. The van der Waals surface area contributed by atoms with E-state index in [1.54, 1.807) is 13.0 Å². The van der Waals surface area contributed by atoms with Crippen molar-refractivity contribution in [3.05, 3.63) is 41.2 Å². The molecule has 0 aliphatic rings. The van der Waals surface area contributed by atoms with E-state index >= 15 is 0 Å². The molecule has 2 rings (SSSR count). The lowest BCUT2D eigenvalue weighted by molar-refractivity contribution is -0.138. The largest absolute Gasteiger partial charge is 0.416 e. The van der Waals surface area contributed by atoms with Gasteiger partial charge in [0.15, 0.2) is 0 Å². The predicted molar refractivity (Wildman–Crippen MR) is 74.0 cm³/mol. The SMILES string of the molecule is Cc1ccc(Nc2ncnc(NN)c2C)cc1C(F)(F)F. The molecule has 1 aromatic heterocycles. The van der Waals surface area contributed by atoms with E-state index in [9.17, 15) is 13.2 Å². The van der Waals surface area contributed by atoms with Crippen molar-refractivity contribution in [2.24, 2.45) is 5.84 Å². The molecule has 0 atom stereocenters. The Balaban J connectivity index is 2.37. The first-order chi connectivity index (χ1) is 9.82. The highest BCUT2D eigenvalue weighted by molar-refractivity contribution is 5.65. The molecule has 1 aromatic carbocycles. The maximum Gasteiger partial charge on any atom is 0.416 e. The molecule has 2 aromatic rings. The van der Waals surface area contributed by atoms with Gasteiger partial charge in [-0.15, -0.1) is 0 Å². The molecular weight excluding hydrogens is 283 g/mol. The van der Waals surface area contributed by atoms with E-state index in [-0.39, 0.29) is 11.3 Å². The number of nitrogens with two attached hydrogens (primary N) is 1. The van der Waals surface area contributed by atoms with E-state index in [0.29, 0.717) is 17.2 Å². The second-order valence-corrected chi connectivity index (χ2v) is 4.49. The van der Waals surface area contributed by atoms with Gasteiger partial charge in [0.05, 0.1) is 5.56 Å². The molecule has 1 heterocycles. The third-order valence-electron chi connectivity index (χ3n) is 3.03. The molecule has 0 spiro atoms. The van der Waals surface area contributed by atoms with Gasteiger partial charge in [-0.2, -0.15) is 13.2 Å². The van der Waals surface area contributed by atoms with Crippen LogP contribution in [0.25, 0.3) is 0 Å². The van der Waals surface area contributed by atoms with Crippen molar-refractivity contribution in [2.75, 3.05) is 10.7 Å². The molecule has 8 heteroatoms. The van der Waals surface area contributed by atoms with Crippen molar-refractivity contribution < 1.29 is 13.2 Å². The number of benzene rings is 1. The molecule has 0 saturated carbocycles. The fourth-order valence-electron chi connectivity index (χ4n) is 1.86. The summed E-state index contributed by atoms with van der Waals surface area (Å²) in [5.41, 5.74) is 2.77. The molecule has 0 amide bonds. The van der Waals surface area contributed by atoms with Gasteiger partial charge in [-0.25, -0.2) is 15.8 Å². The number of nitrogens with one attached hydrogen (secondary N) is 2. The number of halogens is 3. The molecule has 0 radical (unpaired) electrons. The number of aryl methyl sites for hydroxylation is 1. The Morgan fingerprint density at radius 1 is 1.10 bits per heavy atom. The van der Waals surface area contributed by atoms with Gasteiger partial charge in [0.25, 0.3) is 0 Å². The lowest BCUT2D eigenvalue weighted by Gasteiger charge is -2.14. The van der Waals surface area contributed by atoms with Crippen molar-refractivity contribution in [1.82, 2.24) is 9.97 Å². The fraction of sp³-hybridized carbons (Fsp3) is 0.231. The van der Waals surface area contributed by atoms with Crippen LogP contribution in [0.5, 0.6) is 0 Å². The van der Waals surface area contributed by atoms with Crippen molar-refractivity contribution in [3.63, 3.8) is 0 Å². The summed E-state index contributed by atoms with van der Waals surface area (Å²) in [6.07, 6.45) is -3.13. The monoisotopic (exact) mass is 297 g/mol. The molecular formula is C13H14F3N5. The number of alkyl halides is 3. The van der Waals surface area contributed by atoms with Crippen LogP contribution in [0.3, 0.4) is 0 Å². The Labute approximate surface area is 119 Å². The highest BCUT2D eigenvalue weighted by atomic mass is 19.4. The van der Waals surface area contributed by atoms with Gasteiger partial charge in [0.2, 0.25) is 0 Å². The molecule has 0 aliphatic heterocycles. The van der Waals surface area contributed by atoms with Crippen LogP contribution in [0.2, 0.25) is 0 Å². The van der Waals surface area contributed by atoms with Gasteiger partial charge < -0.3 is 10.7 Å². The van der Waals surface area contributed by atoms with Crippen LogP contribution in [0.4, 0.5) is 30.5 Å². The second kappa shape index (κ2) is 5.57. The molecule has 0 aliphatic carbocycles. The number of hydrogen-bond acceptors (Lipinski definition) is 5. The van der Waals surface area contributed by atoms with E-state index in [1.807, 2.05) is 0 Å². The molecule has 0 fully saturated rings. The quantitative estimate of drug-likeness (QED) is 0.599. The number of rotatable bonds is 3. The lowest BCUT2D eigenvalue weighted by atomic mass is 10.1. The molecule has 0 saturated heterocycles. The Morgan fingerprint density at radius 3 is 2.38 bits per heavy atom. The minimum Gasteiger partial charge on any atom is -0.340 e. The Morgan fingerprint density at radius 2 is 1.76 bits per heavy atom. The summed E-state index contributed by atoms with van der Waals surface area (Å²) in [7, 11) is 0. The minimum atomic E-state index is -4.40. The average Bonchev–Trinajstić information content (AvgIpc) is 2.42. The predicted octanol–water partition coefficient (Wildman–Crippen LogP) is 3.14. The van der Waals surface area contributed by atoms with Gasteiger partial charge in [-0.3, -0.25) is 0 Å². The summed E-state index contributed by atoms with van der Waals surface area (Å²) < 4.78 is 38.7. The van der Waals surface area contributed by atoms with Crippen LogP contribution >= 0.6 is 0 Å². The minimum absolute atomic E-state index is 0.164. The number of anilines is 3. The van der Waals surface area contributed by atoms with E-state index in [4.69, 9.17) is 5.84 Å². The number of hydrogen-bond donors (Lipinski definition) is 3. The Bertz CT molecular complexity index is 655. The standard InChI is InChI=1S/C13H14F3N5/c1-7-3-4-9(5-10(7)13(14,15)16)20-11-8(2)12(21-17)19-6-18-11/h3-6H,17H2,1-2H3,(H2,18,19,20,21). The summed E-state index contributed by atoms with van der Waals surface area (Å²) in [4.78, 5) is 7.90. The van der Waals surface area contributed by atoms with Gasteiger partial charge in [0.1, 0.15) is 18.0 Å². The summed E-state index contributed by atoms with van der Waals surface area (Å²) in [5, 5.41) is 2.84. The zero-order chi connectivity index (χ0) is 15.6. The highest BCUT2D eigenvalue weighted by Crippen LogP contribution is 2.34. The molecule has 5 nitrogen and oxygen atoms in total. The maximum atomic E-state index is 12.9. The van der Waals surface area contributed by atoms with Crippen molar-refractivity contribution in [2.45, 2.75) is 20.0 Å². The first-order valence-corrected chi connectivity index (χ1v) is 6.06. The summed E-state index contributed by atoms with van der Waals surface area (Å²) >= 11 is 0. The summed E-state index contributed by atoms with van der Waals surface area (Å²) in [6.45, 7) is 3.12. The van der Waals surface area contributed by atoms with Crippen molar-refractivity contribution in [1.29, 1.82) is 0 Å². The molecule has 4 N–H and O–H groups in total. The number of nitrogen functional groups attached to an aromatic ring is 1. The highest BCUT2D eigenvalue weighted by Gasteiger charge is 2.32. The molecule has 0 unspecified atom stereocenters. The zero-order valence-corrected chi connectivity index (χ0v) is 11.4. The van der Waals surface area contributed by atoms with Crippen LogP contribution in [0.15, 0.2) is 24.5 Å². The Kier molecular flexibility index (Phi) is 3.99. The lowest BCUT2D eigenvalue weighted by Crippen LogP contribution is -2.12. The van der Waals surface area contributed by atoms with Crippen LogP contribution in [-0.4, -0.2) is 9.97 Å². The fourth-order valence-corrected chi connectivity index (χ4v) is 1.86. The third kappa shape index (κ3) is 3.22. The smallest absolute Gasteiger partial charge is 0.340 e. The topological polar surface area (TPSA) is 75.9 Å². The Hall–Kier alpha value is -2.35. The average molecular weight is 297 g/mol. The van der Waals surface area contributed by atoms with E-state index in [2.05, 4.69) is 20.7 Å². The van der Waals surface area contributed by atoms with Gasteiger partial charge >= 0.3 is 6.18 Å². The zero-order valence-electron chi connectivity index (χ0n) is 11.4. The van der Waals surface area contributed by atoms with Crippen molar-refractivity contribution in [3.8, 4) is 0 Å². The maximum absolute atomic E-state index is 12.9. The van der Waals surface area contributed by atoms with E-state index < -0.39 is 11.7 Å². The van der Waals surface area contributed by atoms with Crippen molar-refractivity contribution >= 4 is 17.3 Å². The van der Waals surface area contributed by atoms with Gasteiger partial charge in [-0.1, -0.05) is 6.07 Å². The van der Waals surface area contributed by atoms with Crippen LogP contribution in [0.1, 0.15) is 16.7 Å². The molecule has 21 heavy (non-hydrogen) atoms. The first-order valence-electron chi connectivity index (χ1n) is 6.06. The number of nitrogens with zero attached hydrogens (tertiary/aromatic N) is 2.